The van der Waals surface area contributed by atoms with E-state index in [0.29, 0.717) is 5.92 Å². The topological polar surface area (TPSA) is 26.3 Å². The molecule has 0 spiro atoms. The van der Waals surface area contributed by atoms with Crippen LogP contribution in [0.5, 0.6) is 0 Å². The van der Waals surface area contributed by atoms with Crippen molar-refractivity contribution in [1.29, 1.82) is 0 Å². The highest BCUT2D eigenvalue weighted by molar-refractivity contribution is 6.25. The van der Waals surface area contributed by atoms with Gasteiger partial charge in [0, 0.05) is 6.92 Å². The molecule has 4 saturated carbocycles. The highest BCUT2D eigenvalue weighted by atomic mass is 35.5. The first-order valence-electron chi connectivity index (χ1n) is 6.87. The van der Waals surface area contributed by atoms with Crippen LogP contribution in [-0.4, -0.2) is 16.4 Å². The molecular formula is C14H21ClO2. The number of alkyl halides is 1. The minimum atomic E-state index is -0.357. The normalized spacial score (nSPS) is 51.6. The molecule has 17 heavy (non-hydrogen) atoms. The molecule has 0 aromatic carbocycles. The molecule has 0 N–H and O–H groups in total. The number of hydrogen-bond donors (Lipinski definition) is 0. The van der Waals surface area contributed by atoms with E-state index in [1.54, 1.807) is 0 Å². The molecule has 2 nitrogen and oxygen atoms in total. The number of esters is 1. The molecule has 4 bridgehead atoms. The van der Waals surface area contributed by atoms with Gasteiger partial charge < -0.3 is 4.74 Å². The number of hydrogen-bond acceptors (Lipinski definition) is 2. The van der Waals surface area contributed by atoms with E-state index in [1.165, 1.54) is 26.2 Å². The van der Waals surface area contributed by atoms with Crippen molar-refractivity contribution in [3.05, 3.63) is 0 Å². The predicted molar refractivity (Wildman–Crippen MR) is 66.9 cm³/mol. The van der Waals surface area contributed by atoms with Crippen LogP contribution in [0.3, 0.4) is 0 Å². The highest BCUT2D eigenvalue weighted by Crippen LogP contribution is 2.65. The lowest BCUT2D eigenvalue weighted by molar-refractivity contribution is -0.199. The van der Waals surface area contributed by atoms with Crippen LogP contribution in [-0.2, 0) is 9.53 Å². The van der Waals surface area contributed by atoms with Crippen LogP contribution in [0.25, 0.3) is 0 Å². The second-order valence-corrected chi connectivity index (χ2v) is 7.02. The molecule has 96 valence electrons. The number of halogens is 1. The molecule has 0 heterocycles. The summed E-state index contributed by atoms with van der Waals surface area (Å²) in [5.41, 5.74) is -0.357. The highest BCUT2D eigenvalue weighted by Gasteiger charge is 2.66. The van der Waals surface area contributed by atoms with E-state index in [0.717, 1.165) is 31.1 Å². The molecule has 0 aliphatic heterocycles. The van der Waals surface area contributed by atoms with Gasteiger partial charge in [0.25, 0.3) is 0 Å². The first-order valence-corrected chi connectivity index (χ1v) is 7.25. The van der Waals surface area contributed by atoms with Crippen molar-refractivity contribution in [2.45, 2.75) is 62.8 Å². The van der Waals surface area contributed by atoms with Crippen LogP contribution in [0.15, 0.2) is 0 Å². The zero-order chi connectivity index (χ0) is 12.3. The molecule has 0 aromatic rings. The zero-order valence-corrected chi connectivity index (χ0v) is 11.4. The van der Waals surface area contributed by atoms with E-state index in [2.05, 4.69) is 6.92 Å². The fourth-order valence-corrected chi connectivity index (χ4v) is 5.42. The third kappa shape index (κ3) is 1.49. The van der Waals surface area contributed by atoms with Crippen molar-refractivity contribution in [2.24, 2.45) is 17.8 Å². The standard InChI is InChI=1S/C14H21ClO2/c1-3-14(15)12-5-10-4-11(6-12)8-13(14,7-10)17-9(2)16/h10-12H,3-8H2,1-2H3. The number of rotatable bonds is 2. The Morgan fingerprint density at radius 3 is 2.35 bits per heavy atom. The molecule has 0 amide bonds. The van der Waals surface area contributed by atoms with Crippen molar-refractivity contribution < 1.29 is 9.53 Å². The maximum absolute atomic E-state index is 11.5. The van der Waals surface area contributed by atoms with Crippen molar-refractivity contribution >= 4 is 17.6 Å². The smallest absolute Gasteiger partial charge is 0.303 e. The molecule has 3 atom stereocenters. The molecule has 3 unspecified atom stereocenters. The van der Waals surface area contributed by atoms with Crippen molar-refractivity contribution in [2.75, 3.05) is 0 Å². The van der Waals surface area contributed by atoms with E-state index < -0.39 is 0 Å². The maximum atomic E-state index is 11.5. The predicted octanol–water partition coefficient (Wildman–Crippen LogP) is 3.52. The van der Waals surface area contributed by atoms with E-state index in [1.807, 2.05) is 0 Å². The number of ether oxygens (including phenoxy) is 1. The van der Waals surface area contributed by atoms with Crippen LogP contribution >= 0.6 is 11.6 Å². The minimum absolute atomic E-state index is 0.162. The second kappa shape index (κ2) is 3.63. The molecule has 4 aliphatic rings. The fourth-order valence-electron chi connectivity index (χ4n) is 5.05. The van der Waals surface area contributed by atoms with Crippen LogP contribution < -0.4 is 0 Å². The molecule has 4 aliphatic carbocycles. The van der Waals surface area contributed by atoms with E-state index in [-0.39, 0.29) is 16.4 Å². The number of carbonyl (C=O) groups excluding carboxylic acids is 1. The molecular weight excluding hydrogens is 236 g/mol. The van der Waals surface area contributed by atoms with Crippen LogP contribution in [0, 0.1) is 17.8 Å². The van der Waals surface area contributed by atoms with Gasteiger partial charge in [-0.3, -0.25) is 4.79 Å². The average Bonchev–Trinajstić information content (AvgIpc) is 2.23. The summed E-state index contributed by atoms with van der Waals surface area (Å²) in [5, 5.41) is 0. The average molecular weight is 257 g/mol. The molecule has 0 saturated heterocycles. The Labute approximate surface area is 108 Å². The van der Waals surface area contributed by atoms with Gasteiger partial charge in [0.2, 0.25) is 0 Å². The maximum Gasteiger partial charge on any atom is 0.303 e. The summed E-state index contributed by atoms with van der Waals surface area (Å²) >= 11 is 6.94. The van der Waals surface area contributed by atoms with Crippen molar-refractivity contribution in [3.63, 3.8) is 0 Å². The van der Waals surface area contributed by atoms with Gasteiger partial charge in [-0.1, -0.05) is 6.92 Å². The lowest BCUT2D eigenvalue weighted by Gasteiger charge is -2.64. The van der Waals surface area contributed by atoms with Gasteiger partial charge in [0.1, 0.15) is 5.60 Å². The van der Waals surface area contributed by atoms with Gasteiger partial charge in [-0.05, 0) is 56.3 Å². The summed E-state index contributed by atoms with van der Waals surface area (Å²) in [6.45, 7) is 3.66. The van der Waals surface area contributed by atoms with E-state index >= 15 is 0 Å². The van der Waals surface area contributed by atoms with Gasteiger partial charge in [-0.25, -0.2) is 0 Å². The van der Waals surface area contributed by atoms with Crippen LogP contribution in [0.4, 0.5) is 0 Å². The van der Waals surface area contributed by atoms with Crippen LogP contribution in [0.2, 0.25) is 0 Å². The first-order chi connectivity index (χ1) is 7.99. The Kier molecular flexibility index (Phi) is 2.52. The fraction of sp³-hybridized carbons (Fsp3) is 0.929. The Hall–Kier alpha value is -0.240. The summed E-state index contributed by atoms with van der Waals surface area (Å²) < 4.78 is 5.79. The molecule has 3 heteroatoms. The summed E-state index contributed by atoms with van der Waals surface area (Å²) in [6.07, 6.45) is 6.73. The van der Waals surface area contributed by atoms with Gasteiger partial charge in [0.15, 0.2) is 0 Å². The van der Waals surface area contributed by atoms with E-state index in [9.17, 15) is 4.79 Å². The quantitative estimate of drug-likeness (QED) is 0.558. The first kappa shape index (κ1) is 11.8. The summed E-state index contributed by atoms with van der Waals surface area (Å²) in [4.78, 5) is 11.2. The van der Waals surface area contributed by atoms with Gasteiger partial charge >= 0.3 is 5.97 Å². The van der Waals surface area contributed by atoms with E-state index in [4.69, 9.17) is 16.3 Å². The van der Waals surface area contributed by atoms with Crippen molar-refractivity contribution in [1.82, 2.24) is 0 Å². The van der Waals surface area contributed by atoms with Gasteiger partial charge in [-0.15, -0.1) is 11.6 Å². The third-order valence-corrected chi connectivity index (χ3v) is 6.32. The largest absolute Gasteiger partial charge is 0.457 e. The zero-order valence-electron chi connectivity index (χ0n) is 10.7. The minimum Gasteiger partial charge on any atom is -0.457 e. The van der Waals surface area contributed by atoms with Gasteiger partial charge in [0.05, 0.1) is 4.87 Å². The molecule has 0 radical (unpaired) electrons. The summed E-state index contributed by atoms with van der Waals surface area (Å²) in [5.74, 6) is 1.88. The molecule has 4 rings (SSSR count). The van der Waals surface area contributed by atoms with Gasteiger partial charge in [-0.2, -0.15) is 0 Å². The Bertz CT molecular complexity index is 340. The molecule has 4 fully saturated rings. The lowest BCUT2D eigenvalue weighted by atomic mass is 9.48. The van der Waals surface area contributed by atoms with Crippen LogP contribution in [0.1, 0.15) is 52.4 Å². The summed E-state index contributed by atoms with van der Waals surface area (Å²) in [7, 11) is 0. The molecule has 0 aromatic heterocycles. The lowest BCUT2D eigenvalue weighted by Crippen LogP contribution is -2.67. The Balaban J connectivity index is 2.00. The SMILES string of the molecule is CCC1(Cl)C2CC3CC(C2)CC1(OC(C)=O)C3. The number of carbonyl (C=O) groups is 1. The monoisotopic (exact) mass is 256 g/mol. The third-order valence-electron chi connectivity index (χ3n) is 5.40. The Morgan fingerprint density at radius 1 is 1.29 bits per heavy atom. The van der Waals surface area contributed by atoms with Crippen molar-refractivity contribution in [3.8, 4) is 0 Å². The Morgan fingerprint density at radius 2 is 1.88 bits per heavy atom. The summed E-state index contributed by atoms with van der Waals surface area (Å²) in [6, 6.07) is 0. The second-order valence-electron chi connectivity index (χ2n) is 6.35.